The summed E-state index contributed by atoms with van der Waals surface area (Å²) in [5.41, 5.74) is 1.76. The average molecular weight is 327 g/mol. The van der Waals surface area contributed by atoms with Crippen LogP contribution in [0.5, 0.6) is 5.75 Å². The minimum Gasteiger partial charge on any atom is -0.508 e. The molecule has 2 aromatic carbocycles. The van der Waals surface area contributed by atoms with Crippen LogP contribution in [0.25, 0.3) is 0 Å². The molecule has 2 rings (SSSR count). The second kappa shape index (κ2) is 5.63. The molecular formula is C14H13BrClNO. The van der Waals surface area contributed by atoms with Gasteiger partial charge in [0.25, 0.3) is 0 Å². The quantitative estimate of drug-likeness (QED) is 0.833. The predicted octanol–water partition coefficient (Wildman–Crippen LogP) is 4.98. The van der Waals surface area contributed by atoms with Gasteiger partial charge in [-0.05, 0) is 43.3 Å². The van der Waals surface area contributed by atoms with Crippen LogP contribution < -0.4 is 5.32 Å². The van der Waals surface area contributed by atoms with E-state index in [-0.39, 0.29) is 11.8 Å². The van der Waals surface area contributed by atoms with E-state index in [2.05, 4.69) is 21.2 Å². The van der Waals surface area contributed by atoms with E-state index in [1.54, 1.807) is 18.2 Å². The smallest absolute Gasteiger partial charge is 0.120 e. The van der Waals surface area contributed by atoms with Crippen molar-refractivity contribution < 1.29 is 5.11 Å². The Labute approximate surface area is 120 Å². The normalized spacial score (nSPS) is 12.2. The lowest BCUT2D eigenvalue weighted by atomic mass is 10.1. The van der Waals surface area contributed by atoms with Crippen molar-refractivity contribution >= 4 is 33.2 Å². The van der Waals surface area contributed by atoms with Crippen molar-refractivity contribution in [3.8, 4) is 5.75 Å². The van der Waals surface area contributed by atoms with Crippen LogP contribution in [0, 0.1) is 0 Å². The standard InChI is InChI=1S/C14H13BrClNO/c1-9(13-8-11(16)5-6-14(13)18)17-12-4-2-3-10(15)7-12/h2-9,17-18H,1H3/t9-/m1/s1. The molecule has 0 spiro atoms. The molecule has 0 bridgehead atoms. The molecule has 1 atom stereocenters. The predicted molar refractivity (Wildman–Crippen MR) is 79.3 cm³/mol. The lowest BCUT2D eigenvalue weighted by molar-refractivity contribution is 0.465. The lowest BCUT2D eigenvalue weighted by Crippen LogP contribution is -2.06. The largest absolute Gasteiger partial charge is 0.508 e. The van der Waals surface area contributed by atoms with Crippen molar-refractivity contribution in [3.05, 3.63) is 57.5 Å². The van der Waals surface area contributed by atoms with E-state index >= 15 is 0 Å². The Morgan fingerprint density at radius 1 is 1.22 bits per heavy atom. The molecule has 0 amide bonds. The highest BCUT2D eigenvalue weighted by molar-refractivity contribution is 9.10. The first-order valence-electron chi connectivity index (χ1n) is 5.57. The van der Waals surface area contributed by atoms with Crippen molar-refractivity contribution in [1.82, 2.24) is 0 Å². The van der Waals surface area contributed by atoms with Crippen LogP contribution in [0.2, 0.25) is 5.02 Å². The first kappa shape index (κ1) is 13.2. The van der Waals surface area contributed by atoms with Crippen molar-refractivity contribution in [3.63, 3.8) is 0 Å². The maximum atomic E-state index is 9.83. The summed E-state index contributed by atoms with van der Waals surface area (Å²) in [5.74, 6) is 0.245. The molecule has 2 nitrogen and oxygen atoms in total. The zero-order valence-electron chi connectivity index (χ0n) is 9.82. The molecule has 0 saturated carbocycles. The number of phenolic OH excluding ortho intramolecular Hbond substituents is 1. The monoisotopic (exact) mass is 325 g/mol. The van der Waals surface area contributed by atoms with Crippen molar-refractivity contribution in [2.24, 2.45) is 0 Å². The maximum absolute atomic E-state index is 9.83. The molecule has 94 valence electrons. The van der Waals surface area contributed by atoms with Crippen LogP contribution in [-0.4, -0.2) is 5.11 Å². The summed E-state index contributed by atoms with van der Waals surface area (Å²) in [7, 11) is 0. The van der Waals surface area contributed by atoms with Crippen LogP contribution in [0.4, 0.5) is 5.69 Å². The van der Waals surface area contributed by atoms with Crippen molar-refractivity contribution in [2.45, 2.75) is 13.0 Å². The van der Waals surface area contributed by atoms with Crippen molar-refractivity contribution in [2.75, 3.05) is 5.32 Å². The molecule has 0 heterocycles. The number of hydrogen-bond acceptors (Lipinski definition) is 2. The molecule has 0 saturated heterocycles. The number of anilines is 1. The Balaban J connectivity index is 2.21. The van der Waals surface area contributed by atoms with Crippen molar-refractivity contribution in [1.29, 1.82) is 0 Å². The van der Waals surface area contributed by atoms with Gasteiger partial charge in [0, 0.05) is 20.7 Å². The van der Waals surface area contributed by atoms with Crippen LogP contribution in [0.1, 0.15) is 18.5 Å². The van der Waals surface area contributed by atoms with E-state index in [1.165, 1.54) is 0 Å². The Hall–Kier alpha value is -1.19. The summed E-state index contributed by atoms with van der Waals surface area (Å²) in [5, 5.41) is 13.8. The number of rotatable bonds is 3. The topological polar surface area (TPSA) is 32.3 Å². The Kier molecular flexibility index (Phi) is 4.15. The molecule has 0 aliphatic carbocycles. The first-order valence-corrected chi connectivity index (χ1v) is 6.74. The van der Waals surface area contributed by atoms with Gasteiger partial charge in [0.1, 0.15) is 5.75 Å². The van der Waals surface area contributed by atoms with Crippen LogP contribution in [0.3, 0.4) is 0 Å². The molecule has 4 heteroatoms. The molecule has 2 aromatic rings. The van der Waals surface area contributed by atoms with Gasteiger partial charge in [0.15, 0.2) is 0 Å². The van der Waals surface area contributed by atoms with Crippen LogP contribution >= 0.6 is 27.5 Å². The summed E-state index contributed by atoms with van der Waals surface area (Å²) >= 11 is 9.37. The van der Waals surface area contributed by atoms with E-state index in [1.807, 2.05) is 31.2 Å². The third-order valence-corrected chi connectivity index (χ3v) is 3.39. The van der Waals surface area contributed by atoms with E-state index in [0.29, 0.717) is 5.02 Å². The number of aromatic hydroxyl groups is 1. The molecule has 0 aliphatic rings. The van der Waals surface area contributed by atoms with Gasteiger partial charge in [0.2, 0.25) is 0 Å². The average Bonchev–Trinajstić information content (AvgIpc) is 2.32. The summed E-state index contributed by atoms with van der Waals surface area (Å²) in [6.07, 6.45) is 0. The van der Waals surface area contributed by atoms with E-state index in [0.717, 1.165) is 15.7 Å². The van der Waals surface area contributed by atoms with Crippen LogP contribution in [-0.2, 0) is 0 Å². The lowest BCUT2D eigenvalue weighted by Gasteiger charge is -2.17. The molecule has 0 aliphatic heterocycles. The van der Waals surface area contributed by atoms with E-state index in [4.69, 9.17) is 11.6 Å². The highest BCUT2D eigenvalue weighted by Gasteiger charge is 2.10. The summed E-state index contributed by atoms with van der Waals surface area (Å²) in [4.78, 5) is 0. The van der Waals surface area contributed by atoms with Gasteiger partial charge in [-0.3, -0.25) is 0 Å². The Morgan fingerprint density at radius 2 is 2.00 bits per heavy atom. The van der Waals surface area contributed by atoms with Gasteiger partial charge in [0.05, 0.1) is 6.04 Å². The molecule has 0 aromatic heterocycles. The fourth-order valence-electron chi connectivity index (χ4n) is 1.78. The molecule has 0 radical (unpaired) electrons. The van der Waals surface area contributed by atoms with Gasteiger partial charge in [-0.15, -0.1) is 0 Å². The fraction of sp³-hybridized carbons (Fsp3) is 0.143. The van der Waals surface area contributed by atoms with E-state index in [9.17, 15) is 5.11 Å². The zero-order chi connectivity index (χ0) is 13.1. The highest BCUT2D eigenvalue weighted by atomic mass is 79.9. The number of benzene rings is 2. The second-order valence-corrected chi connectivity index (χ2v) is 5.43. The first-order chi connectivity index (χ1) is 8.56. The third-order valence-electron chi connectivity index (χ3n) is 2.66. The number of nitrogens with one attached hydrogen (secondary N) is 1. The third kappa shape index (κ3) is 3.18. The Morgan fingerprint density at radius 3 is 2.72 bits per heavy atom. The van der Waals surface area contributed by atoms with Crippen LogP contribution in [0.15, 0.2) is 46.9 Å². The summed E-state index contributed by atoms with van der Waals surface area (Å²) in [6.45, 7) is 1.98. The number of phenols is 1. The fourth-order valence-corrected chi connectivity index (χ4v) is 2.36. The molecule has 18 heavy (non-hydrogen) atoms. The van der Waals surface area contributed by atoms with Gasteiger partial charge < -0.3 is 10.4 Å². The molecule has 2 N–H and O–H groups in total. The Bertz CT molecular complexity index is 559. The molecule has 0 fully saturated rings. The SMILES string of the molecule is C[C@@H](Nc1cccc(Br)c1)c1cc(Cl)ccc1O. The number of halogens is 2. The highest BCUT2D eigenvalue weighted by Crippen LogP contribution is 2.30. The van der Waals surface area contributed by atoms with Gasteiger partial charge in [-0.25, -0.2) is 0 Å². The minimum atomic E-state index is -0.0296. The zero-order valence-corrected chi connectivity index (χ0v) is 12.2. The molecule has 0 unspecified atom stereocenters. The maximum Gasteiger partial charge on any atom is 0.120 e. The second-order valence-electron chi connectivity index (χ2n) is 4.08. The van der Waals surface area contributed by atoms with Gasteiger partial charge in [-0.2, -0.15) is 0 Å². The summed E-state index contributed by atoms with van der Waals surface area (Å²) in [6, 6.07) is 12.9. The molecular weight excluding hydrogens is 314 g/mol. The van der Waals surface area contributed by atoms with E-state index < -0.39 is 0 Å². The summed E-state index contributed by atoms with van der Waals surface area (Å²) < 4.78 is 1.01. The van der Waals surface area contributed by atoms with Gasteiger partial charge in [-0.1, -0.05) is 33.6 Å². The van der Waals surface area contributed by atoms with Gasteiger partial charge >= 0.3 is 0 Å². The minimum absolute atomic E-state index is 0.0296. The number of hydrogen-bond donors (Lipinski definition) is 2.